The molecule has 4 nitrogen and oxygen atoms in total. The number of benzene rings is 2. The lowest BCUT2D eigenvalue weighted by Crippen LogP contribution is -2.21. The number of nitrogens with one attached hydrogen (secondary N) is 1. The molecule has 0 heterocycles. The van der Waals surface area contributed by atoms with E-state index in [-0.39, 0.29) is 12.5 Å². The maximum absolute atomic E-state index is 11.9. The van der Waals surface area contributed by atoms with Gasteiger partial charge in [0.25, 0.3) is 5.91 Å². The van der Waals surface area contributed by atoms with E-state index in [2.05, 4.69) is 5.32 Å². The summed E-state index contributed by atoms with van der Waals surface area (Å²) in [5.74, 6) is -0.847. The Morgan fingerprint density at radius 1 is 1.05 bits per heavy atom. The van der Waals surface area contributed by atoms with Gasteiger partial charge in [-0.1, -0.05) is 42.8 Å². The predicted octanol–water partition coefficient (Wildman–Crippen LogP) is 3.35. The molecule has 0 saturated heterocycles. The maximum Gasteiger partial charge on any atom is 0.338 e. The van der Waals surface area contributed by atoms with E-state index in [0.29, 0.717) is 5.56 Å². The highest BCUT2D eigenvalue weighted by atomic mass is 16.5. The van der Waals surface area contributed by atoms with Gasteiger partial charge in [0.1, 0.15) is 0 Å². The van der Waals surface area contributed by atoms with Gasteiger partial charge in [-0.05, 0) is 37.1 Å². The minimum absolute atomic E-state index is 0.301. The number of hydrogen-bond donors (Lipinski definition) is 1. The molecule has 1 amide bonds. The van der Waals surface area contributed by atoms with Crippen molar-refractivity contribution >= 4 is 17.6 Å². The molecule has 0 saturated carbocycles. The Balaban J connectivity index is 1.90. The van der Waals surface area contributed by atoms with Crippen LogP contribution in [0.5, 0.6) is 0 Å². The van der Waals surface area contributed by atoms with Crippen LogP contribution in [0.2, 0.25) is 0 Å². The first-order chi connectivity index (χ1) is 10.6. The first kappa shape index (κ1) is 15.8. The molecule has 2 rings (SSSR count). The van der Waals surface area contributed by atoms with Crippen molar-refractivity contribution in [1.82, 2.24) is 0 Å². The molecule has 0 aliphatic rings. The fourth-order valence-corrected chi connectivity index (χ4v) is 2.04. The molecule has 0 radical (unpaired) electrons. The normalized spacial score (nSPS) is 10.1. The number of para-hydroxylation sites is 1. The predicted molar refractivity (Wildman–Crippen MR) is 85.9 cm³/mol. The molecule has 4 heteroatoms. The number of carbonyl (C=O) groups excluding carboxylic acids is 2. The SMILES string of the molecule is CCc1ccccc1NC(=O)COC(=O)c1ccc(C)cc1. The van der Waals surface area contributed by atoms with Gasteiger partial charge in [0, 0.05) is 5.69 Å². The zero-order valence-corrected chi connectivity index (χ0v) is 12.8. The van der Waals surface area contributed by atoms with Gasteiger partial charge in [-0.15, -0.1) is 0 Å². The van der Waals surface area contributed by atoms with Crippen LogP contribution in [0.25, 0.3) is 0 Å². The Labute approximate surface area is 130 Å². The fourth-order valence-electron chi connectivity index (χ4n) is 2.04. The van der Waals surface area contributed by atoms with Crippen molar-refractivity contribution in [2.24, 2.45) is 0 Å². The van der Waals surface area contributed by atoms with Crippen LogP contribution in [0.1, 0.15) is 28.4 Å². The summed E-state index contributed by atoms with van der Waals surface area (Å²) >= 11 is 0. The third kappa shape index (κ3) is 4.19. The van der Waals surface area contributed by atoms with Crippen LogP contribution in [0.4, 0.5) is 5.69 Å². The maximum atomic E-state index is 11.9. The molecule has 114 valence electrons. The van der Waals surface area contributed by atoms with Crippen molar-refractivity contribution in [3.05, 3.63) is 65.2 Å². The van der Waals surface area contributed by atoms with Crippen molar-refractivity contribution in [2.75, 3.05) is 11.9 Å². The summed E-state index contributed by atoms with van der Waals surface area (Å²) < 4.78 is 5.02. The number of aryl methyl sites for hydroxylation is 2. The summed E-state index contributed by atoms with van der Waals surface area (Å²) in [6.07, 6.45) is 0.819. The standard InChI is InChI=1S/C18H19NO3/c1-3-14-6-4-5-7-16(14)19-17(20)12-22-18(21)15-10-8-13(2)9-11-15/h4-11H,3,12H2,1-2H3,(H,19,20). The van der Waals surface area contributed by atoms with E-state index in [4.69, 9.17) is 4.74 Å². The number of carbonyl (C=O) groups is 2. The second-order valence-corrected chi connectivity index (χ2v) is 5.00. The monoisotopic (exact) mass is 297 g/mol. The van der Waals surface area contributed by atoms with Crippen LogP contribution in [0, 0.1) is 6.92 Å². The molecule has 0 aliphatic carbocycles. The van der Waals surface area contributed by atoms with Crippen LogP contribution >= 0.6 is 0 Å². The van der Waals surface area contributed by atoms with Crippen LogP contribution in [-0.4, -0.2) is 18.5 Å². The second-order valence-electron chi connectivity index (χ2n) is 5.00. The highest BCUT2D eigenvalue weighted by Crippen LogP contribution is 2.15. The molecule has 22 heavy (non-hydrogen) atoms. The first-order valence-electron chi connectivity index (χ1n) is 7.21. The molecule has 0 atom stereocenters. The van der Waals surface area contributed by atoms with Gasteiger partial charge in [0.15, 0.2) is 6.61 Å². The number of amides is 1. The van der Waals surface area contributed by atoms with E-state index < -0.39 is 5.97 Å². The van der Waals surface area contributed by atoms with Gasteiger partial charge < -0.3 is 10.1 Å². The summed E-state index contributed by atoms with van der Waals surface area (Å²) in [6.45, 7) is 3.65. The number of rotatable bonds is 5. The molecular weight excluding hydrogens is 278 g/mol. The lowest BCUT2D eigenvalue weighted by Gasteiger charge is -2.10. The molecule has 0 aliphatic heterocycles. The van der Waals surface area contributed by atoms with E-state index in [1.807, 2.05) is 50.2 Å². The van der Waals surface area contributed by atoms with Gasteiger partial charge in [0.2, 0.25) is 0 Å². The highest BCUT2D eigenvalue weighted by molar-refractivity contribution is 5.95. The van der Waals surface area contributed by atoms with Gasteiger partial charge in [0.05, 0.1) is 5.56 Å². The van der Waals surface area contributed by atoms with Crippen LogP contribution in [0.3, 0.4) is 0 Å². The lowest BCUT2D eigenvalue weighted by molar-refractivity contribution is -0.119. The first-order valence-corrected chi connectivity index (χ1v) is 7.21. The molecular formula is C18H19NO3. The molecule has 0 fully saturated rings. The number of ether oxygens (including phenoxy) is 1. The van der Waals surface area contributed by atoms with Gasteiger partial charge in [-0.2, -0.15) is 0 Å². The molecule has 1 N–H and O–H groups in total. The summed E-state index contributed by atoms with van der Waals surface area (Å²) in [6, 6.07) is 14.6. The summed E-state index contributed by atoms with van der Waals surface area (Å²) in [5, 5.41) is 2.76. The number of esters is 1. The zero-order valence-electron chi connectivity index (χ0n) is 12.8. The number of anilines is 1. The lowest BCUT2D eigenvalue weighted by atomic mass is 10.1. The van der Waals surface area contributed by atoms with Crippen LogP contribution in [-0.2, 0) is 16.0 Å². The van der Waals surface area contributed by atoms with Crippen LogP contribution in [0.15, 0.2) is 48.5 Å². The summed E-state index contributed by atoms with van der Waals surface area (Å²) in [4.78, 5) is 23.7. The molecule has 0 aromatic heterocycles. The summed E-state index contributed by atoms with van der Waals surface area (Å²) in [5.41, 5.74) is 3.29. The Hall–Kier alpha value is -2.62. The van der Waals surface area contributed by atoms with Crippen LogP contribution < -0.4 is 5.32 Å². The van der Waals surface area contributed by atoms with Gasteiger partial charge >= 0.3 is 5.97 Å². The van der Waals surface area contributed by atoms with E-state index in [1.54, 1.807) is 12.1 Å². The van der Waals surface area contributed by atoms with E-state index >= 15 is 0 Å². The minimum atomic E-state index is -0.501. The molecule has 2 aromatic carbocycles. The smallest absolute Gasteiger partial charge is 0.338 e. The zero-order chi connectivity index (χ0) is 15.9. The largest absolute Gasteiger partial charge is 0.452 e. The molecule has 0 unspecified atom stereocenters. The second kappa shape index (κ2) is 7.41. The Morgan fingerprint density at radius 2 is 1.73 bits per heavy atom. The van der Waals surface area contributed by atoms with Crippen molar-refractivity contribution < 1.29 is 14.3 Å². The third-order valence-corrected chi connectivity index (χ3v) is 3.29. The third-order valence-electron chi connectivity index (χ3n) is 3.29. The van der Waals surface area contributed by atoms with Gasteiger partial charge in [-0.3, -0.25) is 4.79 Å². The highest BCUT2D eigenvalue weighted by Gasteiger charge is 2.11. The average Bonchev–Trinajstić information content (AvgIpc) is 2.54. The Kier molecular flexibility index (Phi) is 5.31. The number of hydrogen-bond acceptors (Lipinski definition) is 3. The van der Waals surface area contributed by atoms with Crippen molar-refractivity contribution in [3.8, 4) is 0 Å². The van der Waals surface area contributed by atoms with E-state index in [9.17, 15) is 9.59 Å². The topological polar surface area (TPSA) is 55.4 Å². The molecule has 0 bridgehead atoms. The summed E-state index contributed by atoms with van der Waals surface area (Å²) in [7, 11) is 0. The van der Waals surface area contributed by atoms with Crippen molar-refractivity contribution in [3.63, 3.8) is 0 Å². The molecule has 0 spiro atoms. The quantitative estimate of drug-likeness (QED) is 0.861. The van der Waals surface area contributed by atoms with Gasteiger partial charge in [-0.25, -0.2) is 4.79 Å². The van der Waals surface area contributed by atoms with E-state index in [1.165, 1.54) is 0 Å². The van der Waals surface area contributed by atoms with Crippen molar-refractivity contribution in [1.29, 1.82) is 0 Å². The Morgan fingerprint density at radius 3 is 2.41 bits per heavy atom. The molecule has 2 aromatic rings. The Bertz CT molecular complexity index is 662. The minimum Gasteiger partial charge on any atom is -0.452 e. The van der Waals surface area contributed by atoms with Crippen molar-refractivity contribution in [2.45, 2.75) is 20.3 Å². The fraction of sp³-hybridized carbons (Fsp3) is 0.222. The van der Waals surface area contributed by atoms with E-state index in [0.717, 1.165) is 23.2 Å². The average molecular weight is 297 g/mol.